The first kappa shape index (κ1) is 13.2. The van der Waals surface area contributed by atoms with Gasteiger partial charge in [-0.1, -0.05) is 12.1 Å². The summed E-state index contributed by atoms with van der Waals surface area (Å²) < 4.78 is 10.4. The number of rotatable bonds is 2. The number of ether oxygens (including phenoxy) is 2. The predicted octanol–water partition coefficient (Wildman–Crippen LogP) is 3.13. The van der Waals surface area contributed by atoms with Gasteiger partial charge in [0.1, 0.15) is 0 Å². The summed E-state index contributed by atoms with van der Waals surface area (Å²) in [7, 11) is 2.91. The van der Waals surface area contributed by atoms with Gasteiger partial charge in [-0.3, -0.25) is 0 Å². The lowest BCUT2D eigenvalue weighted by Gasteiger charge is -2.14. The molecular weight excluding hydrogens is 272 g/mol. The van der Waals surface area contributed by atoms with Crippen LogP contribution in [0.4, 0.5) is 0 Å². The largest absolute Gasteiger partial charge is 0.504 e. The fourth-order valence-electron chi connectivity index (χ4n) is 2.53. The van der Waals surface area contributed by atoms with E-state index in [9.17, 15) is 15.3 Å². The summed E-state index contributed by atoms with van der Waals surface area (Å²) in [5.41, 5.74) is 0. The Labute approximate surface area is 120 Å². The maximum Gasteiger partial charge on any atom is 0.201 e. The van der Waals surface area contributed by atoms with E-state index in [-0.39, 0.29) is 23.0 Å². The van der Waals surface area contributed by atoms with Crippen molar-refractivity contribution in [1.82, 2.24) is 0 Å². The maximum absolute atomic E-state index is 10.2. The van der Waals surface area contributed by atoms with Gasteiger partial charge in [-0.25, -0.2) is 0 Å². The third-order valence-electron chi connectivity index (χ3n) is 3.53. The molecule has 3 N–H and O–H groups in total. The molecule has 3 rings (SSSR count). The number of aromatic hydroxyl groups is 3. The van der Waals surface area contributed by atoms with Gasteiger partial charge < -0.3 is 24.8 Å². The van der Waals surface area contributed by atoms with Crippen molar-refractivity contribution in [3.05, 3.63) is 30.3 Å². The third-order valence-corrected chi connectivity index (χ3v) is 3.53. The Bertz CT molecular complexity index is 855. The minimum Gasteiger partial charge on any atom is -0.504 e. The summed E-state index contributed by atoms with van der Waals surface area (Å²) in [5.74, 6) is 0.0419. The van der Waals surface area contributed by atoms with Crippen molar-refractivity contribution in [1.29, 1.82) is 0 Å². The first-order valence-electron chi connectivity index (χ1n) is 6.29. The molecule has 0 saturated carbocycles. The molecule has 0 spiro atoms. The van der Waals surface area contributed by atoms with Crippen LogP contribution in [-0.2, 0) is 0 Å². The average Bonchev–Trinajstić information content (AvgIpc) is 2.48. The molecule has 0 fully saturated rings. The normalized spacial score (nSPS) is 11.0. The molecule has 0 aliphatic heterocycles. The number of phenols is 3. The van der Waals surface area contributed by atoms with Gasteiger partial charge in [0.05, 0.1) is 14.2 Å². The number of hydrogen-bond donors (Lipinski definition) is 3. The van der Waals surface area contributed by atoms with E-state index in [1.54, 1.807) is 6.07 Å². The van der Waals surface area contributed by atoms with Crippen molar-refractivity contribution < 1.29 is 24.8 Å². The van der Waals surface area contributed by atoms with Crippen LogP contribution in [0.1, 0.15) is 0 Å². The van der Waals surface area contributed by atoms with E-state index >= 15 is 0 Å². The van der Waals surface area contributed by atoms with Gasteiger partial charge in [-0.05, 0) is 34.4 Å². The summed E-state index contributed by atoms with van der Waals surface area (Å²) in [6.45, 7) is 0. The highest BCUT2D eigenvalue weighted by Crippen LogP contribution is 2.46. The smallest absolute Gasteiger partial charge is 0.201 e. The molecular formula is C16H14O5. The van der Waals surface area contributed by atoms with Crippen molar-refractivity contribution in [2.75, 3.05) is 14.2 Å². The van der Waals surface area contributed by atoms with Crippen LogP contribution in [0.2, 0.25) is 0 Å². The molecule has 0 unspecified atom stereocenters. The number of phenolic OH excluding ortho intramolecular Hbond substituents is 3. The second kappa shape index (κ2) is 4.63. The second-order valence-corrected chi connectivity index (χ2v) is 4.69. The molecule has 21 heavy (non-hydrogen) atoms. The molecule has 0 aliphatic rings. The molecule has 0 aromatic heterocycles. The minimum absolute atomic E-state index is 0.104. The fraction of sp³-hybridized carbons (Fsp3) is 0.125. The lowest BCUT2D eigenvalue weighted by Crippen LogP contribution is -1.91. The van der Waals surface area contributed by atoms with E-state index < -0.39 is 0 Å². The molecule has 5 nitrogen and oxygen atoms in total. The topological polar surface area (TPSA) is 79.2 Å². The van der Waals surface area contributed by atoms with Gasteiger partial charge in [-0.2, -0.15) is 0 Å². The zero-order valence-electron chi connectivity index (χ0n) is 11.5. The number of methoxy groups -OCH3 is 2. The van der Waals surface area contributed by atoms with Gasteiger partial charge in [0.15, 0.2) is 23.0 Å². The fourth-order valence-corrected chi connectivity index (χ4v) is 2.53. The van der Waals surface area contributed by atoms with E-state index in [0.717, 1.165) is 10.8 Å². The highest BCUT2D eigenvalue weighted by atomic mass is 16.5. The summed E-state index contributed by atoms with van der Waals surface area (Å²) in [5, 5.41) is 32.4. The summed E-state index contributed by atoms with van der Waals surface area (Å²) in [6, 6.07) is 8.24. The molecule has 0 saturated heterocycles. The molecule has 5 heteroatoms. The van der Waals surface area contributed by atoms with Crippen LogP contribution in [0.5, 0.6) is 28.7 Å². The summed E-state index contributed by atoms with van der Waals surface area (Å²) in [6.07, 6.45) is 0. The molecule has 108 valence electrons. The first-order chi connectivity index (χ1) is 10.1. The molecule has 0 bridgehead atoms. The van der Waals surface area contributed by atoms with Crippen molar-refractivity contribution in [3.8, 4) is 28.7 Å². The molecule has 0 atom stereocenters. The first-order valence-corrected chi connectivity index (χ1v) is 6.29. The predicted molar refractivity (Wildman–Crippen MR) is 79.6 cm³/mol. The van der Waals surface area contributed by atoms with E-state index in [1.165, 1.54) is 26.4 Å². The van der Waals surface area contributed by atoms with Crippen molar-refractivity contribution in [2.45, 2.75) is 0 Å². The Hall–Kier alpha value is -2.82. The molecule has 3 aromatic rings. The SMILES string of the molecule is COc1cc2ccc3cc(O)c(O)cc3c2c(OC)c1O. The van der Waals surface area contributed by atoms with Crippen LogP contribution < -0.4 is 9.47 Å². The Morgan fingerprint density at radius 1 is 0.810 bits per heavy atom. The van der Waals surface area contributed by atoms with E-state index in [2.05, 4.69) is 0 Å². The quantitative estimate of drug-likeness (QED) is 0.498. The zero-order valence-corrected chi connectivity index (χ0v) is 11.5. The van der Waals surface area contributed by atoms with Gasteiger partial charge in [0, 0.05) is 5.39 Å². The van der Waals surface area contributed by atoms with Crippen molar-refractivity contribution >= 4 is 21.5 Å². The number of hydrogen-bond acceptors (Lipinski definition) is 5. The lowest BCUT2D eigenvalue weighted by molar-refractivity contribution is 0.343. The van der Waals surface area contributed by atoms with Crippen LogP contribution in [0.15, 0.2) is 30.3 Å². The van der Waals surface area contributed by atoms with Gasteiger partial charge in [0.2, 0.25) is 5.75 Å². The Kier molecular flexibility index (Phi) is 2.90. The molecule has 0 amide bonds. The van der Waals surface area contributed by atoms with Crippen LogP contribution in [0.25, 0.3) is 21.5 Å². The third kappa shape index (κ3) is 1.86. The highest BCUT2D eigenvalue weighted by molar-refractivity contribution is 6.13. The Morgan fingerprint density at radius 3 is 2.14 bits per heavy atom. The molecule has 0 radical (unpaired) electrons. The average molecular weight is 286 g/mol. The summed E-state index contributed by atoms with van der Waals surface area (Å²) in [4.78, 5) is 0. The van der Waals surface area contributed by atoms with Crippen LogP contribution in [0, 0.1) is 0 Å². The van der Waals surface area contributed by atoms with Gasteiger partial charge >= 0.3 is 0 Å². The lowest BCUT2D eigenvalue weighted by atomic mass is 9.99. The number of fused-ring (bicyclic) bond motifs is 3. The monoisotopic (exact) mass is 286 g/mol. The molecule has 0 heterocycles. The van der Waals surface area contributed by atoms with Crippen LogP contribution >= 0.6 is 0 Å². The Balaban J connectivity index is 2.54. The number of benzene rings is 3. The van der Waals surface area contributed by atoms with E-state index in [0.29, 0.717) is 16.5 Å². The van der Waals surface area contributed by atoms with Crippen LogP contribution in [0.3, 0.4) is 0 Å². The van der Waals surface area contributed by atoms with Gasteiger partial charge in [-0.15, -0.1) is 0 Å². The van der Waals surface area contributed by atoms with Crippen molar-refractivity contribution in [2.24, 2.45) is 0 Å². The summed E-state index contributed by atoms with van der Waals surface area (Å²) >= 11 is 0. The van der Waals surface area contributed by atoms with E-state index in [1.807, 2.05) is 12.1 Å². The van der Waals surface area contributed by atoms with E-state index in [4.69, 9.17) is 9.47 Å². The Morgan fingerprint density at radius 2 is 1.48 bits per heavy atom. The second-order valence-electron chi connectivity index (χ2n) is 4.69. The zero-order chi connectivity index (χ0) is 15.1. The standard InChI is InChI=1S/C16H14O5/c1-20-13-6-9-4-3-8-5-11(17)12(18)7-10(8)14(9)16(21-2)15(13)19/h3-7,17-19H,1-2H3. The minimum atomic E-state index is -0.229. The molecule has 3 aromatic carbocycles. The molecule has 0 aliphatic carbocycles. The van der Waals surface area contributed by atoms with Crippen molar-refractivity contribution in [3.63, 3.8) is 0 Å². The van der Waals surface area contributed by atoms with Crippen LogP contribution in [-0.4, -0.2) is 29.5 Å². The van der Waals surface area contributed by atoms with Gasteiger partial charge in [0.25, 0.3) is 0 Å². The maximum atomic E-state index is 10.2. The highest BCUT2D eigenvalue weighted by Gasteiger charge is 2.17.